The highest BCUT2D eigenvalue weighted by Gasteiger charge is 2.24. The molecule has 58 valence electrons. The molecule has 2 atom stereocenters. The van der Waals surface area contributed by atoms with E-state index in [1.807, 2.05) is 0 Å². The molecule has 0 aromatic heterocycles. The monoisotopic (exact) mass is 162 g/mol. The van der Waals surface area contributed by atoms with E-state index in [-0.39, 0.29) is 17.3 Å². The summed E-state index contributed by atoms with van der Waals surface area (Å²) in [5.74, 6) is -0.279. The van der Waals surface area contributed by atoms with Crippen LogP contribution >= 0.6 is 12.6 Å². The molecule has 4 heteroatoms. The Kier molecular flexibility index (Phi) is 2.56. The number of carbonyl (C=O) groups is 1. The van der Waals surface area contributed by atoms with Gasteiger partial charge in [0.2, 0.25) is 0 Å². The Morgan fingerprint density at radius 2 is 2.60 bits per heavy atom. The summed E-state index contributed by atoms with van der Waals surface area (Å²) in [6, 6.07) is 0. The average molecular weight is 162 g/mol. The summed E-state index contributed by atoms with van der Waals surface area (Å²) in [5, 5.41) is -0.334. The zero-order chi connectivity index (χ0) is 7.56. The molecular formula is C6H10O3S. The van der Waals surface area contributed by atoms with Crippen molar-refractivity contribution in [3.63, 3.8) is 0 Å². The molecule has 1 aliphatic rings. The van der Waals surface area contributed by atoms with Crippen LogP contribution < -0.4 is 0 Å². The van der Waals surface area contributed by atoms with Gasteiger partial charge in [-0.25, -0.2) is 0 Å². The van der Waals surface area contributed by atoms with Crippen LogP contribution in [0.25, 0.3) is 0 Å². The predicted molar refractivity (Wildman–Crippen MR) is 39.1 cm³/mol. The first kappa shape index (κ1) is 7.88. The molecule has 0 radical (unpaired) electrons. The Labute approximate surface area is 65.1 Å². The van der Waals surface area contributed by atoms with E-state index in [0.29, 0.717) is 13.2 Å². The molecule has 0 bridgehead atoms. The lowest BCUT2D eigenvalue weighted by Crippen LogP contribution is -2.17. The fraction of sp³-hybridized carbons (Fsp3) is 0.833. The Morgan fingerprint density at radius 1 is 2.00 bits per heavy atom. The molecule has 0 N–H and O–H groups in total. The van der Waals surface area contributed by atoms with E-state index in [4.69, 9.17) is 9.47 Å². The van der Waals surface area contributed by atoms with Gasteiger partial charge in [0.25, 0.3) is 0 Å². The van der Waals surface area contributed by atoms with Crippen molar-refractivity contribution in [1.29, 1.82) is 0 Å². The summed E-state index contributed by atoms with van der Waals surface area (Å²) in [5.41, 5.74) is 0. The molecule has 10 heavy (non-hydrogen) atoms. The molecule has 1 saturated heterocycles. The third-order valence-electron chi connectivity index (χ3n) is 1.15. The normalized spacial score (nSPS) is 25.6. The second kappa shape index (κ2) is 3.25. The zero-order valence-corrected chi connectivity index (χ0v) is 6.64. The fourth-order valence-electron chi connectivity index (χ4n) is 0.460. The van der Waals surface area contributed by atoms with E-state index in [1.165, 1.54) is 0 Å². The Morgan fingerprint density at radius 3 is 3.00 bits per heavy atom. The van der Waals surface area contributed by atoms with E-state index in [0.717, 1.165) is 0 Å². The molecule has 2 unspecified atom stereocenters. The van der Waals surface area contributed by atoms with Crippen molar-refractivity contribution in [2.75, 3.05) is 13.2 Å². The number of epoxide rings is 1. The standard InChI is InChI=1S/C6H10O3S/c1-4(10)6(7)9-3-5-2-8-5/h4-5,10H,2-3H2,1H3. The van der Waals surface area contributed by atoms with Gasteiger partial charge >= 0.3 is 5.97 Å². The number of esters is 1. The lowest BCUT2D eigenvalue weighted by Gasteiger charge is -2.03. The van der Waals surface area contributed by atoms with Gasteiger partial charge in [-0.1, -0.05) is 0 Å². The summed E-state index contributed by atoms with van der Waals surface area (Å²) in [4.78, 5) is 10.7. The number of ether oxygens (including phenoxy) is 2. The van der Waals surface area contributed by atoms with Crippen LogP contribution in [0, 0.1) is 0 Å². The molecule has 0 aromatic rings. The Hall–Kier alpha value is -0.220. The van der Waals surface area contributed by atoms with Crippen LogP contribution in [0.1, 0.15) is 6.92 Å². The number of rotatable bonds is 3. The predicted octanol–water partition coefficient (Wildman–Crippen LogP) is 0.247. The van der Waals surface area contributed by atoms with Crippen LogP contribution in [0.5, 0.6) is 0 Å². The molecule has 0 aromatic carbocycles. The van der Waals surface area contributed by atoms with Gasteiger partial charge in [0, 0.05) is 0 Å². The minimum absolute atomic E-state index is 0.149. The molecule has 1 fully saturated rings. The highest BCUT2D eigenvalue weighted by Crippen LogP contribution is 2.09. The van der Waals surface area contributed by atoms with Crippen molar-refractivity contribution in [2.45, 2.75) is 18.3 Å². The van der Waals surface area contributed by atoms with Crippen LogP contribution in [0.4, 0.5) is 0 Å². The SMILES string of the molecule is CC(S)C(=O)OCC1CO1. The number of hydrogen-bond acceptors (Lipinski definition) is 4. The molecular weight excluding hydrogens is 152 g/mol. The van der Waals surface area contributed by atoms with E-state index in [9.17, 15) is 4.79 Å². The highest BCUT2D eigenvalue weighted by atomic mass is 32.1. The van der Waals surface area contributed by atoms with Gasteiger partial charge in [-0.2, -0.15) is 12.6 Å². The second-order valence-corrected chi connectivity index (χ2v) is 3.04. The van der Waals surface area contributed by atoms with Gasteiger partial charge in [-0.05, 0) is 6.92 Å². The smallest absolute Gasteiger partial charge is 0.318 e. The molecule has 1 rings (SSSR count). The van der Waals surface area contributed by atoms with Crippen molar-refractivity contribution in [1.82, 2.24) is 0 Å². The molecule has 1 heterocycles. The largest absolute Gasteiger partial charge is 0.462 e. The van der Waals surface area contributed by atoms with Crippen LogP contribution in [-0.2, 0) is 14.3 Å². The third kappa shape index (κ3) is 2.58. The first-order valence-corrected chi connectivity index (χ1v) is 3.68. The summed E-state index contributed by atoms with van der Waals surface area (Å²) in [7, 11) is 0. The first-order chi connectivity index (χ1) is 4.70. The number of thiol groups is 1. The number of hydrogen-bond donors (Lipinski definition) is 1. The third-order valence-corrected chi connectivity index (χ3v) is 1.37. The second-order valence-electron chi connectivity index (χ2n) is 2.26. The van der Waals surface area contributed by atoms with Crippen LogP contribution in [0.2, 0.25) is 0 Å². The molecule has 1 aliphatic heterocycles. The van der Waals surface area contributed by atoms with Crippen molar-refractivity contribution in [3.8, 4) is 0 Å². The highest BCUT2D eigenvalue weighted by molar-refractivity contribution is 7.81. The lowest BCUT2D eigenvalue weighted by atomic mass is 10.5. The van der Waals surface area contributed by atoms with E-state index >= 15 is 0 Å². The quantitative estimate of drug-likeness (QED) is 0.367. The minimum Gasteiger partial charge on any atom is -0.462 e. The topological polar surface area (TPSA) is 38.8 Å². The zero-order valence-electron chi connectivity index (χ0n) is 5.74. The van der Waals surface area contributed by atoms with Gasteiger partial charge in [0.05, 0.1) is 11.9 Å². The van der Waals surface area contributed by atoms with Crippen LogP contribution in [-0.4, -0.2) is 30.5 Å². The van der Waals surface area contributed by atoms with Crippen molar-refractivity contribution >= 4 is 18.6 Å². The Balaban J connectivity index is 2.05. The van der Waals surface area contributed by atoms with Crippen LogP contribution in [0.3, 0.4) is 0 Å². The van der Waals surface area contributed by atoms with E-state index in [2.05, 4.69) is 12.6 Å². The fourth-order valence-corrected chi connectivity index (χ4v) is 0.534. The van der Waals surface area contributed by atoms with Crippen molar-refractivity contribution in [2.24, 2.45) is 0 Å². The summed E-state index contributed by atoms with van der Waals surface area (Å²) < 4.78 is 9.62. The van der Waals surface area contributed by atoms with E-state index in [1.54, 1.807) is 6.92 Å². The maximum Gasteiger partial charge on any atom is 0.318 e. The Bertz CT molecular complexity index is 131. The summed E-state index contributed by atoms with van der Waals surface area (Å²) >= 11 is 3.90. The van der Waals surface area contributed by atoms with Gasteiger partial charge in [-0.15, -0.1) is 0 Å². The van der Waals surface area contributed by atoms with Gasteiger partial charge in [-0.3, -0.25) is 4.79 Å². The van der Waals surface area contributed by atoms with Gasteiger partial charge in [0.15, 0.2) is 0 Å². The maximum absolute atomic E-state index is 10.7. The minimum atomic E-state index is -0.334. The first-order valence-electron chi connectivity index (χ1n) is 3.16. The van der Waals surface area contributed by atoms with Gasteiger partial charge in [0.1, 0.15) is 12.7 Å². The van der Waals surface area contributed by atoms with Crippen molar-refractivity contribution in [3.05, 3.63) is 0 Å². The summed E-state index contributed by atoms with van der Waals surface area (Å²) in [6.07, 6.45) is 0.149. The molecule has 3 nitrogen and oxygen atoms in total. The van der Waals surface area contributed by atoms with Crippen LogP contribution in [0.15, 0.2) is 0 Å². The summed E-state index contributed by atoms with van der Waals surface area (Å²) in [6.45, 7) is 2.77. The van der Waals surface area contributed by atoms with Crippen molar-refractivity contribution < 1.29 is 14.3 Å². The lowest BCUT2D eigenvalue weighted by molar-refractivity contribution is -0.143. The molecule has 0 aliphatic carbocycles. The number of carbonyl (C=O) groups excluding carboxylic acids is 1. The molecule has 0 amide bonds. The molecule has 0 saturated carbocycles. The van der Waals surface area contributed by atoms with E-state index < -0.39 is 0 Å². The average Bonchev–Trinajstić information content (AvgIpc) is 2.64. The maximum atomic E-state index is 10.7. The molecule has 0 spiro atoms. The van der Waals surface area contributed by atoms with Gasteiger partial charge < -0.3 is 9.47 Å².